The first-order valence-electron chi connectivity index (χ1n) is 14.3. The van der Waals surface area contributed by atoms with Gasteiger partial charge >= 0.3 is 5.97 Å². The molecule has 1 aliphatic heterocycles. The zero-order valence-corrected chi connectivity index (χ0v) is 23.5. The number of Topliss-reactive ketones (excluding diaryl/α,β-unsaturated/α-hetero) is 1. The first-order chi connectivity index (χ1) is 20.1. The molecule has 2 heterocycles. The Morgan fingerprint density at radius 1 is 0.902 bits per heavy atom. The molecule has 1 aliphatic rings. The van der Waals surface area contributed by atoms with E-state index in [1.165, 1.54) is 0 Å². The number of carbonyl (C=O) groups excluding carboxylic acids is 2. The quantitative estimate of drug-likeness (QED) is 0.104. The first kappa shape index (κ1) is 28.2. The van der Waals surface area contributed by atoms with E-state index >= 15 is 0 Å². The Hall–Kier alpha value is -4.36. The predicted octanol–water partition coefficient (Wildman–Crippen LogP) is 5.66. The number of likely N-dealkylation sites (tertiary alicyclic amines) is 1. The minimum absolute atomic E-state index is 0.133. The molecule has 0 unspecified atom stereocenters. The van der Waals surface area contributed by atoms with Crippen LogP contribution in [0.15, 0.2) is 103 Å². The molecule has 7 nitrogen and oxygen atoms in total. The second-order valence-corrected chi connectivity index (χ2v) is 10.2. The van der Waals surface area contributed by atoms with E-state index in [-0.39, 0.29) is 11.8 Å². The molecule has 0 amide bonds. The van der Waals surface area contributed by atoms with E-state index in [2.05, 4.69) is 88.0 Å². The number of aromatic nitrogens is 3. The van der Waals surface area contributed by atoms with Crippen LogP contribution < -0.4 is 0 Å². The zero-order valence-electron chi connectivity index (χ0n) is 23.5. The number of ketones is 1. The Bertz CT molecular complexity index is 1370. The Morgan fingerprint density at radius 2 is 1.49 bits per heavy atom. The largest absolute Gasteiger partial charge is 0.466 e. The summed E-state index contributed by atoms with van der Waals surface area (Å²) in [5.41, 5.74) is 4.25. The fraction of sp³-hybridized carbons (Fsp3) is 0.294. The molecular weight excluding hydrogens is 512 g/mol. The van der Waals surface area contributed by atoms with Crippen LogP contribution in [0, 0.1) is 0 Å². The Labute approximate surface area is 241 Å². The highest BCUT2D eigenvalue weighted by Gasteiger charge is 2.44. The van der Waals surface area contributed by atoms with Crippen molar-refractivity contribution < 1.29 is 14.3 Å². The van der Waals surface area contributed by atoms with Gasteiger partial charge in [0.1, 0.15) is 5.69 Å². The maximum Gasteiger partial charge on any atom is 0.305 e. The van der Waals surface area contributed by atoms with Crippen LogP contribution in [0.2, 0.25) is 0 Å². The van der Waals surface area contributed by atoms with Crippen LogP contribution in [0.25, 0.3) is 6.08 Å². The van der Waals surface area contributed by atoms with E-state index in [1.807, 2.05) is 37.4 Å². The standard InChI is InChI=1S/C34H36N4O3/c1-2-41-33(40)20-12-13-22-38-26-31(35-36-38)24-27-25-37(23-21-32(27)39)34(28-14-6-3-7-15-28,29-16-8-4-9-17-29)30-18-10-5-11-19-30/h3-11,14-19,24,26H,2,12-13,20-23,25H2,1H3/b27-24+. The molecule has 4 aromatic rings. The van der Waals surface area contributed by atoms with Gasteiger partial charge in [0, 0.05) is 38.0 Å². The molecule has 1 fully saturated rings. The van der Waals surface area contributed by atoms with Crippen molar-refractivity contribution in [3.05, 3.63) is 125 Å². The maximum absolute atomic E-state index is 13.2. The highest BCUT2D eigenvalue weighted by molar-refractivity contribution is 6.00. The van der Waals surface area contributed by atoms with Crippen molar-refractivity contribution in [2.45, 2.75) is 44.7 Å². The number of rotatable bonds is 11. The number of hydrogen-bond acceptors (Lipinski definition) is 6. The van der Waals surface area contributed by atoms with Gasteiger partial charge in [-0.25, -0.2) is 0 Å². The third kappa shape index (κ3) is 6.36. The maximum atomic E-state index is 13.2. The summed E-state index contributed by atoms with van der Waals surface area (Å²) in [4.78, 5) is 27.2. The van der Waals surface area contributed by atoms with Crippen LogP contribution >= 0.6 is 0 Å². The van der Waals surface area contributed by atoms with Gasteiger partial charge in [-0.2, -0.15) is 0 Å². The van der Waals surface area contributed by atoms with Gasteiger partial charge < -0.3 is 4.74 Å². The monoisotopic (exact) mass is 548 g/mol. The van der Waals surface area contributed by atoms with E-state index in [0.717, 1.165) is 35.1 Å². The number of aryl methyl sites for hydroxylation is 1. The number of esters is 1. The first-order valence-corrected chi connectivity index (χ1v) is 14.3. The number of carbonyl (C=O) groups is 2. The lowest BCUT2D eigenvalue weighted by Gasteiger charge is -2.47. The van der Waals surface area contributed by atoms with Crippen molar-refractivity contribution in [2.24, 2.45) is 0 Å². The predicted molar refractivity (Wildman–Crippen MR) is 159 cm³/mol. The van der Waals surface area contributed by atoms with Gasteiger partial charge in [0.05, 0.1) is 18.3 Å². The molecule has 0 spiro atoms. The number of nitrogens with zero attached hydrogens (tertiary/aromatic N) is 4. The summed E-state index contributed by atoms with van der Waals surface area (Å²) in [7, 11) is 0. The fourth-order valence-electron chi connectivity index (χ4n) is 5.71. The Balaban J connectivity index is 1.44. The van der Waals surface area contributed by atoms with Gasteiger partial charge in [0.15, 0.2) is 5.78 Å². The fourth-order valence-corrected chi connectivity index (χ4v) is 5.71. The van der Waals surface area contributed by atoms with Crippen molar-refractivity contribution in [3.8, 4) is 0 Å². The molecule has 0 radical (unpaired) electrons. The summed E-state index contributed by atoms with van der Waals surface area (Å²) in [6.45, 7) is 3.96. The summed E-state index contributed by atoms with van der Waals surface area (Å²) in [5, 5.41) is 8.58. The number of piperidine rings is 1. The lowest BCUT2D eigenvalue weighted by atomic mass is 9.74. The minimum atomic E-state index is -0.583. The van der Waals surface area contributed by atoms with E-state index in [0.29, 0.717) is 44.8 Å². The van der Waals surface area contributed by atoms with E-state index in [4.69, 9.17) is 4.74 Å². The Morgan fingerprint density at radius 3 is 2.05 bits per heavy atom. The summed E-state index contributed by atoms with van der Waals surface area (Å²) < 4.78 is 6.76. The van der Waals surface area contributed by atoms with Gasteiger partial charge in [-0.05, 0) is 42.5 Å². The van der Waals surface area contributed by atoms with Crippen LogP contribution in [0.4, 0.5) is 0 Å². The van der Waals surface area contributed by atoms with Crippen molar-refractivity contribution in [3.63, 3.8) is 0 Å². The normalized spacial score (nSPS) is 15.2. The smallest absolute Gasteiger partial charge is 0.305 e. The molecule has 0 aliphatic carbocycles. The minimum Gasteiger partial charge on any atom is -0.466 e. The van der Waals surface area contributed by atoms with Gasteiger partial charge in [-0.15, -0.1) is 5.10 Å². The summed E-state index contributed by atoms with van der Waals surface area (Å²) in [6.07, 6.45) is 6.07. The molecule has 41 heavy (non-hydrogen) atoms. The average Bonchev–Trinajstić information content (AvgIpc) is 3.46. The van der Waals surface area contributed by atoms with Crippen molar-refractivity contribution >= 4 is 17.8 Å². The van der Waals surface area contributed by atoms with Crippen molar-refractivity contribution in [1.29, 1.82) is 0 Å². The molecule has 5 rings (SSSR count). The number of unbranched alkanes of at least 4 members (excludes halogenated alkanes) is 1. The van der Waals surface area contributed by atoms with Crippen LogP contribution in [0.1, 0.15) is 55.0 Å². The number of hydrogen-bond donors (Lipinski definition) is 0. The van der Waals surface area contributed by atoms with Crippen LogP contribution in [0.3, 0.4) is 0 Å². The molecule has 7 heteroatoms. The second-order valence-electron chi connectivity index (χ2n) is 10.2. The number of benzene rings is 3. The van der Waals surface area contributed by atoms with E-state index in [1.54, 1.807) is 4.68 Å². The third-order valence-corrected chi connectivity index (χ3v) is 7.58. The highest BCUT2D eigenvalue weighted by Crippen LogP contribution is 2.43. The van der Waals surface area contributed by atoms with E-state index < -0.39 is 5.54 Å². The average molecular weight is 549 g/mol. The van der Waals surface area contributed by atoms with Gasteiger partial charge in [-0.3, -0.25) is 19.2 Å². The summed E-state index contributed by atoms with van der Waals surface area (Å²) >= 11 is 0. The molecule has 1 aromatic heterocycles. The molecular formula is C34H36N4O3. The molecule has 0 bridgehead atoms. The topological polar surface area (TPSA) is 77.3 Å². The van der Waals surface area contributed by atoms with Gasteiger partial charge in [0.25, 0.3) is 0 Å². The van der Waals surface area contributed by atoms with Gasteiger partial charge in [-0.1, -0.05) is 96.2 Å². The third-order valence-electron chi connectivity index (χ3n) is 7.58. The molecule has 3 aromatic carbocycles. The molecule has 0 N–H and O–H groups in total. The van der Waals surface area contributed by atoms with Crippen molar-refractivity contribution in [1.82, 2.24) is 19.9 Å². The summed E-state index contributed by atoms with van der Waals surface area (Å²) in [5.74, 6) is -0.0391. The highest BCUT2D eigenvalue weighted by atomic mass is 16.5. The van der Waals surface area contributed by atoms with Crippen molar-refractivity contribution in [2.75, 3.05) is 19.7 Å². The lowest BCUT2D eigenvalue weighted by molar-refractivity contribution is -0.143. The molecule has 1 saturated heterocycles. The van der Waals surface area contributed by atoms with Gasteiger partial charge in [0.2, 0.25) is 0 Å². The molecule has 0 saturated carbocycles. The SMILES string of the molecule is CCOC(=O)CCCCn1cc(/C=C2\CN(C(c3ccccc3)(c3ccccc3)c3ccccc3)CCC2=O)nn1. The molecule has 0 atom stereocenters. The summed E-state index contributed by atoms with van der Waals surface area (Å²) in [6, 6.07) is 31.6. The second kappa shape index (κ2) is 13.3. The number of ether oxygens (including phenoxy) is 1. The van der Waals surface area contributed by atoms with Crippen LogP contribution in [-0.2, 0) is 26.4 Å². The Kier molecular flexibility index (Phi) is 9.16. The van der Waals surface area contributed by atoms with E-state index in [9.17, 15) is 9.59 Å². The zero-order chi connectivity index (χ0) is 28.5. The molecule has 210 valence electrons. The van der Waals surface area contributed by atoms with Crippen LogP contribution in [0.5, 0.6) is 0 Å². The lowest BCUT2D eigenvalue weighted by Crippen LogP contribution is -2.52. The van der Waals surface area contributed by atoms with Crippen LogP contribution in [-0.4, -0.2) is 51.3 Å².